The molecule has 0 radical (unpaired) electrons. The van der Waals surface area contributed by atoms with Crippen LogP contribution in [0.4, 0.5) is 10.1 Å². The molecule has 1 spiro atoms. The van der Waals surface area contributed by atoms with E-state index in [9.17, 15) is 9.18 Å². The molecule has 4 aromatic heterocycles. The van der Waals surface area contributed by atoms with Crippen molar-refractivity contribution in [3.05, 3.63) is 70.8 Å². The quantitative estimate of drug-likeness (QED) is 0.429. The molecule has 2 saturated carbocycles. The molecular formula is C28H31FN6O. The lowest BCUT2D eigenvalue weighted by molar-refractivity contribution is 0.0906. The van der Waals surface area contributed by atoms with Crippen molar-refractivity contribution in [3.63, 3.8) is 0 Å². The molecule has 0 amide bonds. The lowest BCUT2D eigenvalue weighted by Crippen LogP contribution is -2.59. The van der Waals surface area contributed by atoms with Crippen LogP contribution in [-0.4, -0.2) is 44.7 Å². The van der Waals surface area contributed by atoms with Gasteiger partial charge in [0.2, 0.25) is 0 Å². The van der Waals surface area contributed by atoms with E-state index in [1.807, 2.05) is 35.1 Å². The van der Waals surface area contributed by atoms with E-state index in [0.29, 0.717) is 36.1 Å². The van der Waals surface area contributed by atoms with Gasteiger partial charge in [-0.05, 0) is 55.8 Å². The van der Waals surface area contributed by atoms with Gasteiger partial charge >= 0.3 is 0 Å². The molecule has 7 nitrogen and oxygen atoms in total. The van der Waals surface area contributed by atoms with Crippen LogP contribution >= 0.6 is 0 Å². The number of nitrogens with one attached hydrogen (secondary N) is 1. The van der Waals surface area contributed by atoms with Crippen molar-refractivity contribution >= 4 is 22.1 Å². The summed E-state index contributed by atoms with van der Waals surface area (Å²) in [6, 6.07) is 6.12. The lowest BCUT2D eigenvalue weighted by atomic mass is 9.63. The Kier molecular flexibility index (Phi) is 5.13. The molecule has 3 aliphatic rings. The first kappa shape index (κ1) is 22.0. The summed E-state index contributed by atoms with van der Waals surface area (Å²) < 4.78 is 16.7. The molecule has 4 aromatic rings. The average molecular weight is 487 g/mol. The maximum Gasteiger partial charge on any atom is 0.260 e. The van der Waals surface area contributed by atoms with Crippen molar-refractivity contribution in [3.8, 4) is 0 Å². The summed E-state index contributed by atoms with van der Waals surface area (Å²) in [6.07, 6.45) is 14.3. The zero-order valence-corrected chi connectivity index (χ0v) is 20.4. The molecule has 2 aliphatic carbocycles. The van der Waals surface area contributed by atoms with E-state index in [-0.39, 0.29) is 5.56 Å². The Labute approximate surface area is 209 Å². The van der Waals surface area contributed by atoms with Crippen molar-refractivity contribution < 1.29 is 4.39 Å². The van der Waals surface area contributed by atoms with Gasteiger partial charge in [-0.1, -0.05) is 12.5 Å². The summed E-state index contributed by atoms with van der Waals surface area (Å²) >= 11 is 0. The van der Waals surface area contributed by atoms with Gasteiger partial charge in [0.05, 0.1) is 29.5 Å². The van der Waals surface area contributed by atoms with Crippen LogP contribution in [0.25, 0.3) is 16.4 Å². The second kappa shape index (κ2) is 8.40. The smallest absolute Gasteiger partial charge is 0.260 e. The van der Waals surface area contributed by atoms with E-state index in [0.717, 1.165) is 54.2 Å². The minimum atomic E-state index is -0.606. The summed E-state index contributed by atoms with van der Waals surface area (Å²) in [5.41, 5.74) is 4.40. The van der Waals surface area contributed by atoms with Crippen molar-refractivity contribution in [2.45, 2.75) is 51.4 Å². The number of rotatable bonds is 7. The van der Waals surface area contributed by atoms with Crippen LogP contribution in [0.15, 0.2) is 54.0 Å². The van der Waals surface area contributed by atoms with Crippen LogP contribution in [0.5, 0.6) is 0 Å². The molecule has 1 N–H and O–H groups in total. The highest BCUT2D eigenvalue weighted by Gasteiger charge is 2.47. The molecule has 5 heterocycles. The summed E-state index contributed by atoms with van der Waals surface area (Å²) in [6.45, 7) is 4.16. The molecule has 3 fully saturated rings. The number of hydrogen-bond donors (Lipinski definition) is 1. The van der Waals surface area contributed by atoms with Gasteiger partial charge in [-0.15, -0.1) is 0 Å². The monoisotopic (exact) mass is 486 g/mol. The Hall–Kier alpha value is -3.26. The van der Waals surface area contributed by atoms with Crippen molar-refractivity contribution in [2.24, 2.45) is 11.3 Å². The molecule has 186 valence electrons. The second-order valence-electron chi connectivity index (χ2n) is 11.2. The van der Waals surface area contributed by atoms with Crippen molar-refractivity contribution in [2.75, 3.05) is 24.5 Å². The van der Waals surface area contributed by atoms with Crippen LogP contribution in [0.2, 0.25) is 0 Å². The second-order valence-corrected chi connectivity index (χ2v) is 11.2. The van der Waals surface area contributed by atoms with Gasteiger partial charge in [-0.25, -0.2) is 9.37 Å². The summed E-state index contributed by atoms with van der Waals surface area (Å²) in [4.78, 5) is 24.8. The topological polar surface area (TPSA) is 67.5 Å². The minimum Gasteiger partial charge on any atom is -0.369 e. The normalized spacial score (nSPS) is 22.5. The van der Waals surface area contributed by atoms with E-state index in [2.05, 4.69) is 27.5 Å². The first-order valence-corrected chi connectivity index (χ1v) is 13.1. The highest BCUT2D eigenvalue weighted by atomic mass is 19.1. The lowest BCUT2D eigenvalue weighted by Gasteiger charge is -2.57. The number of anilines is 1. The van der Waals surface area contributed by atoms with Crippen molar-refractivity contribution in [1.29, 1.82) is 0 Å². The third-order valence-electron chi connectivity index (χ3n) is 8.52. The van der Waals surface area contributed by atoms with Crippen molar-refractivity contribution in [1.82, 2.24) is 24.3 Å². The molecule has 0 bridgehead atoms. The van der Waals surface area contributed by atoms with Crippen LogP contribution in [-0.2, 0) is 13.1 Å². The fourth-order valence-electron chi connectivity index (χ4n) is 6.18. The first-order valence-electron chi connectivity index (χ1n) is 13.1. The van der Waals surface area contributed by atoms with E-state index in [1.165, 1.54) is 19.3 Å². The molecule has 0 unspecified atom stereocenters. The Balaban J connectivity index is 1.07. The number of nitrogens with zero attached hydrogens (tertiary/aromatic N) is 5. The van der Waals surface area contributed by atoms with Gasteiger partial charge in [-0.3, -0.25) is 9.78 Å². The van der Waals surface area contributed by atoms with E-state index in [1.54, 1.807) is 10.8 Å². The van der Waals surface area contributed by atoms with Crippen LogP contribution in [0.3, 0.4) is 0 Å². The Morgan fingerprint density at radius 3 is 2.72 bits per heavy atom. The number of halogens is 1. The molecule has 8 heteroatoms. The third kappa shape index (κ3) is 3.79. The molecule has 1 aliphatic heterocycles. The maximum atomic E-state index is 13.3. The number of alkyl halides is 1. The summed E-state index contributed by atoms with van der Waals surface area (Å²) in [5, 5.41) is 5.08. The fraction of sp³-hybridized carbons (Fsp3) is 0.464. The largest absolute Gasteiger partial charge is 0.369 e. The number of aromatic nitrogens is 4. The number of pyridine rings is 3. The summed E-state index contributed by atoms with van der Waals surface area (Å²) in [5.74, 6) is 0.459. The zero-order valence-electron chi connectivity index (χ0n) is 20.4. The van der Waals surface area contributed by atoms with E-state index < -0.39 is 6.17 Å². The van der Waals surface area contributed by atoms with Gasteiger partial charge in [-0.2, -0.15) is 0 Å². The molecule has 0 aromatic carbocycles. The highest BCUT2D eigenvalue weighted by molar-refractivity contribution is 5.93. The predicted molar refractivity (Wildman–Crippen MR) is 138 cm³/mol. The third-order valence-corrected chi connectivity index (χ3v) is 8.52. The van der Waals surface area contributed by atoms with E-state index in [4.69, 9.17) is 4.98 Å². The van der Waals surface area contributed by atoms with Gasteiger partial charge in [0, 0.05) is 55.2 Å². The Morgan fingerprint density at radius 1 is 1.08 bits per heavy atom. The number of imidazole rings is 1. The SMILES string of the molecule is O=c1c2cncc(N3CC4(CCC4)C3)c2ccn1Cc1cn2cc(CNCC3CC(F)C3)ccc2n1. The molecule has 7 rings (SSSR count). The molecule has 36 heavy (non-hydrogen) atoms. The molecule has 1 saturated heterocycles. The number of fused-ring (bicyclic) bond motifs is 2. The number of hydrogen-bond acceptors (Lipinski definition) is 5. The van der Waals surface area contributed by atoms with Gasteiger partial charge in [0.25, 0.3) is 5.56 Å². The fourth-order valence-corrected chi connectivity index (χ4v) is 6.18. The predicted octanol–water partition coefficient (Wildman–Crippen LogP) is 3.92. The van der Waals surface area contributed by atoms with Gasteiger partial charge < -0.3 is 19.2 Å². The van der Waals surface area contributed by atoms with Crippen LogP contribution in [0.1, 0.15) is 43.4 Å². The first-order chi connectivity index (χ1) is 17.6. The molecular weight excluding hydrogens is 455 g/mol. The van der Waals surface area contributed by atoms with Crippen LogP contribution in [0, 0.1) is 11.3 Å². The van der Waals surface area contributed by atoms with Crippen LogP contribution < -0.4 is 15.8 Å². The standard InChI is InChI=1S/C28H31FN6O/c29-21-8-20(9-21)11-30-10-19-2-3-26-32-22(16-34(26)14-19)15-33-7-4-23-24(27(33)36)12-31-13-25(23)35-17-28(18-35)5-1-6-28/h2-4,7,12-14,16,20-21,30H,1,5-6,8-11,15,17-18H2. The zero-order chi connectivity index (χ0) is 24.3. The maximum absolute atomic E-state index is 13.3. The minimum absolute atomic E-state index is 0.0332. The highest BCUT2D eigenvalue weighted by Crippen LogP contribution is 2.50. The Bertz CT molecular complexity index is 1490. The van der Waals surface area contributed by atoms with Gasteiger partial charge in [0.15, 0.2) is 0 Å². The summed E-state index contributed by atoms with van der Waals surface area (Å²) in [7, 11) is 0. The Morgan fingerprint density at radius 2 is 1.94 bits per heavy atom. The average Bonchev–Trinajstić information content (AvgIpc) is 3.20. The molecule has 0 atom stereocenters. The van der Waals surface area contributed by atoms with E-state index >= 15 is 0 Å². The van der Waals surface area contributed by atoms with Gasteiger partial charge in [0.1, 0.15) is 11.8 Å².